The zero-order valence-electron chi connectivity index (χ0n) is 18.1. The van der Waals surface area contributed by atoms with Crippen molar-refractivity contribution in [2.45, 2.75) is 49.4 Å². The second-order valence-electron chi connectivity index (χ2n) is 8.69. The Balaban J connectivity index is 1.47. The average Bonchev–Trinajstić information content (AvgIpc) is 3.19. The number of aromatic nitrogens is 2. The molecule has 1 N–H and O–H groups in total. The third kappa shape index (κ3) is 4.99. The van der Waals surface area contributed by atoms with Gasteiger partial charge in [-0.1, -0.05) is 48.0 Å². The fourth-order valence-corrected chi connectivity index (χ4v) is 6.47. The number of rotatable bonds is 5. The minimum Gasteiger partial charge on any atom is -0.427 e. The summed E-state index contributed by atoms with van der Waals surface area (Å²) in [5, 5.41) is 10.1. The van der Waals surface area contributed by atoms with E-state index in [4.69, 9.17) is 21.2 Å². The monoisotopic (exact) mass is 482 g/mol. The van der Waals surface area contributed by atoms with Gasteiger partial charge in [0.25, 0.3) is 0 Å². The number of fused-ring (bicyclic) bond motifs is 1. The first-order valence-corrected chi connectivity index (χ1v) is 13.2. The van der Waals surface area contributed by atoms with Gasteiger partial charge in [-0.25, -0.2) is 18.4 Å². The molecular weight excluding hydrogens is 459 g/mol. The van der Waals surface area contributed by atoms with Crippen LogP contribution in [0.4, 0.5) is 0 Å². The molecule has 5 rings (SSSR count). The molecule has 3 aromatic rings. The van der Waals surface area contributed by atoms with Gasteiger partial charge in [-0.05, 0) is 55.3 Å². The Kier molecular flexibility index (Phi) is 6.27. The van der Waals surface area contributed by atoms with Crippen LogP contribution < -0.4 is 0 Å². The summed E-state index contributed by atoms with van der Waals surface area (Å²) in [6.07, 6.45) is 3.87. The highest BCUT2D eigenvalue weighted by atomic mass is 35.5. The molecule has 0 amide bonds. The standard InChI is InChI=1S/C24H24BClN2O4S/c26-19-4-1-3-18(15-19)24-27-21-5-2-12-33(30,31)23(21)22(28-24)14-17-8-6-16(7-9-17)13-20-10-11-25(29)32-20/h1,3-4,6-9,15,20,29H,2,5,10-14H2. The Morgan fingerprint density at radius 2 is 1.91 bits per heavy atom. The lowest BCUT2D eigenvalue weighted by atomic mass is 9.87. The number of benzene rings is 2. The second kappa shape index (κ2) is 9.18. The van der Waals surface area contributed by atoms with Crippen LogP contribution in [0.3, 0.4) is 0 Å². The van der Waals surface area contributed by atoms with Crippen molar-refractivity contribution < 1.29 is 18.1 Å². The molecule has 1 saturated heterocycles. The van der Waals surface area contributed by atoms with E-state index in [0.29, 0.717) is 47.8 Å². The van der Waals surface area contributed by atoms with Gasteiger partial charge < -0.3 is 9.68 Å². The van der Waals surface area contributed by atoms with Gasteiger partial charge in [0, 0.05) is 23.1 Å². The van der Waals surface area contributed by atoms with Crippen molar-refractivity contribution in [2.24, 2.45) is 0 Å². The van der Waals surface area contributed by atoms with Crippen LogP contribution in [0.15, 0.2) is 53.4 Å². The number of aryl methyl sites for hydroxylation is 1. The molecule has 33 heavy (non-hydrogen) atoms. The van der Waals surface area contributed by atoms with Crippen molar-refractivity contribution in [1.29, 1.82) is 0 Å². The lowest BCUT2D eigenvalue weighted by Crippen LogP contribution is -2.21. The van der Waals surface area contributed by atoms with Crippen LogP contribution in [-0.2, 0) is 33.8 Å². The third-order valence-electron chi connectivity index (χ3n) is 6.17. The third-order valence-corrected chi connectivity index (χ3v) is 8.32. The quantitative estimate of drug-likeness (QED) is 0.554. The van der Waals surface area contributed by atoms with Crippen molar-refractivity contribution in [1.82, 2.24) is 9.97 Å². The smallest absolute Gasteiger partial charge is 0.427 e. The van der Waals surface area contributed by atoms with Crippen molar-refractivity contribution in [3.8, 4) is 11.4 Å². The van der Waals surface area contributed by atoms with E-state index in [1.807, 2.05) is 36.4 Å². The molecule has 6 nitrogen and oxygen atoms in total. The molecule has 3 heterocycles. The van der Waals surface area contributed by atoms with Crippen LogP contribution in [0.5, 0.6) is 0 Å². The maximum atomic E-state index is 12.9. The molecule has 170 valence electrons. The van der Waals surface area contributed by atoms with Gasteiger partial charge in [-0.15, -0.1) is 0 Å². The van der Waals surface area contributed by atoms with E-state index < -0.39 is 17.0 Å². The molecule has 0 bridgehead atoms. The fourth-order valence-electron chi connectivity index (χ4n) is 4.57. The predicted octanol–water partition coefficient (Wildman–Crippen LogP) is 3.92. The maximum Gasteiger partial charge on any atom is 0.454 e. The molecular formula is C24H24BClN2O4S. The molecule has 0 spiro atoms. The molecule has 1 atom stereocenters. The summed E-state index contributed by atoms with van der Waals surface area (Å²) in [5.41, 5.74) is 3.99. The number of sulfone groups is 1. The molecule has 2 aliphatic heterocycles. The van der Waals surface area contributed by atoms with E-state index in [-0.39, 0.29) is 16.8 Å². The Hall–Kier alpha value is -2.26. The first-order valence-electron chi connectivity index (χ1n) is 11.2. The highest BCUT2D eigenvalue weighted by Gasteiger charge is 2.30. The lowest BCUT2D eigenvalue weighted by Gasteiger charge is -2.20. The maximum absolute atomic E-state index is 12.9. The highest BCUT2D eigenvalue weighted by Crippen LogP contribution is 2.31. The van der Waals surface area contributed by atoms with E-state index in [1.165, 1.54) is 0 Å². The summed E-state index contributed by atoms with van der Waals surface area (Å²) in [6, 6.07) is 15.4. The largest absolute Gasteiger partial charge is 0.454 e. The normalized spacial score (nSPS) is 19.5. The van der Waals surface area contributed by atoms with Gasteiger partial charge >= 0.3 is 7.12 Å². The van der Waals surface area contributed by atoms with Crippen molar-refractivity contribution >= 4 is 28.6 Å². The molecule has 1 aromatic heterocycles. The van der Waals surface area contributed by atoms with E-state index in [2.05, 4.69) is 4.98 Å². The number of halogens is 1. The number of hydrogen-bond acceptors (Lipinski definition) is 6. The van der Waals surface area contributed by atoms with Crippen LogP contribution in [0.1, 0.15) is 35.4 Å². The molecule has 1 unspecified atom stereocenters. The lowest BCUT2D eigenvalue weighted by molar-refractivity contribution is 0.201. The van der Waals surface area contributed by atoms with Gasteiger partial charge in [0.1, 0.15) is 4.90 Å². The molecule has 1 fully saturated rings. The molecule has 2 aliphatic rings. The predicted molar refractivity (Wildman–Crippen MR) is 128 cm³/mol. The zero-order chi connectivity index (χ0) is 23.0. The van der Waals surface area contributed by atoms with E-state index in [9.17, 15) is 13.4 Å². The Morgan fingerprint density at radius 1 is 1.12 bits per heavy atom. The SMILES string of the molecule is O=S1(=O)CCCc2nc(-c3cccc(Cl)c3)nc(Cc3ccc(CC4CCB(O)O4)cc3)c21. The Labute approximate surface area is 199 Å². The summed E-state index contributed by atoms with van der Waals surface area (Å²) in [4.78, 5) is 9.61. The van der Waals surface area contributed by atoms with Gasteiger partial charge in [0.2, 0.25) is 0 Å². The number of nitrogens with zero attached hydrogens (tertiary/aromatic N) is 2. The molecule has 0 aliphatic carbocycles. The Bertz CT molecular complexity index is 1280. The summed E-state index contributed by atoms with van der Waals surface area (Å²) in [7, 11) is -4.08. The zero-order valence-corrected chi connectivity index (χ0v) is 19.6. The van der Waals surface area contributed by atoms with Crippen LogP contribution in [0, 0.1) is 0 Å². The first-order chi connectivity index (χ1) is 15.9. The molecule has 0 saturated carbocycles. The van der Waals surface area contributed by atoms with Crippen LogP contribution in [0.2, 0.25) is 11.3 Å². The van der Waals surface area contributed by atoms with E-state index in [1.54, 1.807) is 12.1 Å². The van der Waals surface area contributed by atoms with Crippen molar-refractivity contribution in [3.05, 3.63) is 76.1 Å². The highest BCUT2D eigenvalue weighted by molar-refractivity contribution is 7.91. The van der Waals surface area contributed by atoms with Gasteiger partial charge in [0.15, 0.2) is 15.7 Å². The van der Waals surface area contributed by atoms with Crippen molar-refractivity contribution in [3.63, 3.8) is 0 Å². The van der Waals surface area contributed by atoms with Gasteiger partial charge in [-0.3, -0.25) is 0 Å². The molecule has 2 aromatic carbocycles. The second-order valence-corrected chi connectivity index (χ2v) is 11.2. The van der Waals surface area contributed by atoms with Crippen LogP contribution in [-0.4, -0.2) is 42.4 Å². The molecule has 9 heteroatoms. The summed E-state index contributed by atoms with van der Waals surface area (Å²) in [5.74, 6) is 0.621. The molecule has 0 radical (unpaired) electrons. The van der Waals surface area contributed by atoms with Gasteiger partial charge in [0.05, 0.1) is 17.1 Å². The summed E-state index contributed by atoms with van der Waals surface area (Å²) >= 11 is 6.16. The van der Waals surface area contributed by atoms with Crippen LogP contribution in [0.25, 0.3) is 11.4 Å². The van der Waals surface area contributed by atoms with Crippen molar-refractivity contribution in [2.75, 3.05) is 5.75 Å². The topological polar surface area (TPSA) is 89.4 Å². The van der Waals surface area contributed by atoms with Crippen LogP contribution >= 0.6 is 11.6 Å². The minimum atomic E-state index is -3.42. The number of hydrogen-bond donors (Lipinski definition) is 1. The minimum absolute atomic E-state index is 0.0325. The Morgan fingerprint density at radius 3 is 2.64 bits per heavy atom. The van der Waals surface area contributed by atoms with E-state index in [0.717, 1.165) is 29.5 Å². The van der Waals surface area contributed by atoms with E-state index >= 15 is 0 Å². The summed E-state index contributed by atoms with van der Waals surface area (Å²) < 4.78 is 31.4. The summed E-state index contributed by atoms with van der Waals surface area (Å²) in [6.45, 7) is 0. The average molecular weight is 483 g/mol. The fraction of sp³-hybridized carbons (Fsp3) is 0.333. The van der Waals surface area contributed by atoms with Gasteiger partial charge in [-0.2, -0.15) is 0 Å². The first kappa shape index (κ1) is 22.5.